The Morgan fingerprint density at radius 3 is 2.42 bits per heavy atom. The summed E-state index contributed by atoms with van der Waals surface area (Å²) in [4.78, 5) is 24.1. The molecule has 0 spiro atoms. The number of nitrogens with two attached hydrogens (primary N) is 1. The lowest BCUT2D eigenvalue weighted by molar-refractivity contribution is -0.119. The number of carbonyl (C=O) groups is 2. The van der Waals surface area contributed by atoms with Crippen molar-refractivity contribution >= 4 is 11.8 Å². The first kappa shape index (κ1) is 17.5. The number of phenols is 1. The van der Waals surface area contributed by atoms with Gasteiger partial charge in [0.05, 0.1) is 5.69 Å². The molecule has 0 aliphatic rings. The largest absolute Gasteiger partial charge is 0.508 e. The van der Waals surface area contributed by atoms with Crippen molar-refractivity contribution in [3.63, 3.8) is 0 Å². The molecule has 1 heterocycles. The van der Waals surface area contributed by atoms with E-state index in [1.807, 2.05) is 13.8 Å². The number of hydrogen-bond acceptors (Lipinski definition) is 4. The van der Waals surface area contributed by atoms with Crippen LogP contribution in [0.4, 0.5) is 0 Å². The van der Waals surface area contributed by atoms with Gasteiger partial charge in [-0.3, -0.25) is 14.3 Å². The molecule has 2 amide bonds. The van der Waals surface area contributed by atoms with E-state index in [2.05, 4.69) is 10.4 Å². The molecule has 2 aromatic rings. The second-order valence-electron chi connectivity index (χ2n) is 6.03. The van der Waals surface area contributed by atoms with Gasteiger partial charge in [-0.2, -0.15) is 5.10 Å². The van der Waals surface area contributed by atoms with E-state index in [9.17, 15) is 14.7 Å². The molecule has 0 aliphatic carbocycles. The summed E-state index contributed by atoms with van der Waals surface area (Å²) in [5.74, 6) is -0.696. The van der Waals surface area contributed by atoms with Gasteiger partial charge in [0.25, 0.3) is 5.91 Å². The summed E-state index contributed by atoms with van der Waals surface area (Å²) in [6, 6.07) is 7.26. The zero-order valence-corrected chi connectivity index (χ0v) is 14.0. The van der Waals surface area contributed by atoms with Crippen LogP contribution in [0.1, 0.15) is 41.5 Å². The van der Waals surface area contributed by atoms with Gasteiger partial charge in [0.2, 0.25) is 5.91 Å². The van der Waals surface area contributed by atoms with Gasteiger partial charge >= 0.3 is 0 Å². The average molecular weight is 330 g/mol. The Morgan fingerprint density at radius 1 is 1.29 bits per heavy atom. The molecule has 0 unspecified atom stereocenters. The first-order chi connectivity index (χ1) is 11.3. The maximum atomic E-state index is 12.4. The first-order valence-electron chi connectivity index (χ1n) is 7.70. The second-order valence-corrected chi connectivity index (χ2v) is 6.03. The highest BCUT2D eigenvalue weighted by Gasteiger charge is 2.22. The minimum absolute atomic E-state index is 0.134. The van der Waals surface area contributed by atoms with Gasteiger partial charge in [-0.25, -0.2) is 0 Å². The van der Waals surface area contributed by atoms with E-state index in [-0.39, 0.29) is 18.1 Å². The summed E-state index contributed by atoms with van der Waals surface area (Å²) in [6.07, 6.45) is 0.246. The lowest BCUT2D eigenvalue weighted by Crippen LogP contribution is -2.46. The van der Waals surface area contributed by atoms with E-state index in [1.54, 1.807) is 25.2 Å². The molecule has 128 valence electrons. The smallest absolute Gasteiger partial charge is 0.270 e. The number of benzene rings is 1. The fourth-order valence-corrected chi connectivity index (χ4v) is 2.31. The number of primary amides is 1. The van der Waals surface area contributed by atoms with Crippen LogP contribution in [0.2, 0.25) is 0 Å². The topological polar surface area (TPSA) is 110 Å². The minimum Gasteiger partial charge on any atom is -0.508 e. The van der Waals surface area contributed by atoms with Gasteiger partial charge in [0.15, 0.2) is 0 Å². The summed E-state index contributed by atoms with van der Waals surface area (Å²) < 4.78 is 1.49. The van der Waals surface area contributed by atoms with Gasteiger partial charge in [-0.15, -0.1) is 0 Å². The lowest BCUT2D eigenvalue weighted by Gasteiger charge is -2.15. The van der Waals surface area contributed by atoms with E-state index in [0.717, 1.165) is 11.3 Å². The Hall–Kier alpha value is -2.83. The van der Waals surface area contributed by atoms with Crippen LogP contribution in [0.3, 0.4) is 0 Å². The Kier molecular flexibility index (Phi) is 5.23. The summed E-state index contributed by atoms with van der Waals surface area (Å²) in [5.41, 5.74) is 7.36. The number of hydrogen-bond donors (Lipinski definition) is 3. The lowest BCUT2D eigenvalue weighted by atomic mass is 10.0. The first-order valence-corrected chi connectivity index (χ1v) is 7.70. The van der Waals surface area contributed by atoms with Crippen molar-refractivity contribution < 1.29 is 14.7 Å². The molecule has 0 bridgehead atoms. The molecule has 0 aliphatic heterocycles. The molecular weight excluding hydrogens is 308 g/mol. The van der Waals surface area contributed by atoms with Crippen molar-refractivity contribution in [2.24, 2.45) is 12.8 Å². The molecule has 0 saturated carbocycles. The number of aromatic nitrogens is 2. The number of aromatic hydroxyl groups is 1. The zero-order valence-electron chi connectivity index (χ0n) is 14.0. The molecule has 24 heavy (non-hydrogen) atoms. The molecule has 7 nitrogen and oxygen atoms in total. The Labute approximate surface area is 140 Å². The van der Waals surface area contributed by atoms with E-state index >= 15 is 0 Å². The van der Waals surface area contributed by atoms with Crippen LogP contribution in [0.25, 0.3) is 0 Å². The molecule has 1 atom stereocenters. The fraction of sp³-hybridized carbons (Fsp3) is 0.353. The van der Waals surface area contributed by atoms with Gasteiger partial charge in [-0.1, -0.05) is 26.0 Å². The summed E-state index contributed by atoms with van der Waals surface area (Å²) in [6.45, 7) is 3.97. The SMILES string of the molecule is CC(C)c1cc(C(=O)N[C@@H](Cc2ccc(O)cc2)C(N)=O)n(C)n1. The number of phenolic OH excluding ortho intramolecular Hbond substituents is 1. The van der Waals surface area contributed by atoms with Crippen molar-refractivity contribution in [2.75, 3.05) is 0 Å². The van der Waals surface area contributed by atoms with E-state index in [1.165, 1.54) is 16.8 Å². The highest BCUT2D eigenvalue weighted by atomic mass is 16.3. The molecule has 1 aromatic carbocycles. The summed E-state index contributed by atoms with van der Waals surface area (Å²) in [7, 11) is 1.68. The van der Waals surface area contributed by atoms with Crippen molar-refractivity contribution in [3.8, 4) is 5.75 Å². The Bertz CT molecular complexity index is 735. The van der Waals surface area contributed by atoms with E-state index < -0.39 is 17.9 Å². The van der Waals surface area contributed by atoms with Crippen molar-refractivity contribution in [3.05, 3.63) is 47.3 Å². The number of amides is 2. The maximum Gasteiger partial charge on any atom is 0.270 e. The number of nitrogens with zero attached hydrogens (tertiary/aromatic N) is 2. The van der Waals surface area contributed by atoms with Crippen LogP contribution in [-0.2, 0) is 18.3 Å². The normalized spacial score (nSPS) is 12.2. The maximum absolute atomic E-state index is 12.4. The van der Waals surface area contributed by atoms with Crippen LogP contribution in [0, 0.1) is 0 Å². The number of carbonyl (C=O) groups excluding carboxylic acids is 2. The Morgan fingerprint density at radius 2 is 1.92 bits per heavy atom. The third-order valence-corrected chi connectivity index (χ3v) is 3.75. The van der Waals surface area contributed by atoms with Crippen LogP contribution >= 0.6 is 0 Å². The standard InChI is InChI=1S/C17H22N4O3/c1-10(2)13-9-15(21(3)20-13)17(24)19-14(16(18)23)8-11-4-6-12(22)7-5-11/h4-7,9-10,14,22H,8H2,1-3H3,(H2,18,23)(H,19,24)/t14-/m0/s1. The van der Waals surface area contributed by atoms with E-state index in [4.69, 9.17) is 5.73 Å². The third kappa shape index (κ3) is 4.13. The average Bonchev–Trinajstić information content (AvgIpc) is 2.91. The van der Waals surface area contributed by atoms with Crippen molar-refractivity contribution in [2.45, 2.75) is 32.2 Å². The van der Waals surface area contributed by atoms with Crippen molar-refractivity contribution in [1.29, 1.82) is 0 Å². The number of rotatable bonds is 6. The molecule has 4 N–H and O–H groups in total. The summed E-state index contributed by atoms with van der Waals surface area (Å²) in [5, 5.41) is 16.2. The molecule has 1 aromatic heterocycles. The predicted octanol–water partition coefficient (Wildman–Crippen LogP) is 1.08. The van der Waals surface area contributed by atoms with Gasteiger partial charge < -0.3 is 16.2 Å². The van der Waals surface area contributed by atoms with Gasteiger partial charge in [0.1, 0.15) is 17.5 Å². The number of nitrogens with one attached hydrogen (secondary N) is 1. The second kappa shape index (κ2) is 7.16. The van der Waals surface area contributed by atoms with Crippen LogP contribution in [0.5, 0.6) is 5.75 Å². The van der Waals surface area contributed by atoms with Crippen LogP contribution in [0.15, 0.2) is 30.3 Å². The molecular formula is C17H22N4O3. The highest BCUT2D eigenvalue weighted by Crippen LogP contribution is 2.15. The minimum atomic E-state index is -0.848. The monoisotopic (exact) mass is 330 g/mol. The van der Waals surface area contributed by atoms with Gasteiger partial charge in [0, 0.05) is 13.5 Å². The predicted molar refractivity (Wildman–Crippen MR) is 89.6 cm³/mol. The molecule has 7 heteroatoms. The zero-order chi connectivity index (χ0) is 17.9. The van der Waals surface area contributed by atoms with Crippen LogP contribution in [-0.4, -0.2) is 32.7 Å². The molecule has 0 saturated heterocycles. The highest BCUT2D eigenvalue weighted by molar-refractivity contribution is 5.96. The molecule has 0 fully saturated rings. The molecule has 2 rings (SSSR count). The fourth-order valence-electron chi connectivity index (χ4n) is 2.31. The third-order valence-electron chi connectivity index (χ3n) is 3.75. The quantitative estimate of drug-likeness (QED) is 0.736. The van der Waals surface area contributed by atoms with Crippen LogP contribution < -0.4 is 11.1 Å². The Balaban J connectivity index is 2.14. The van der Waals surface area contributed by atoms with Gasteiger partial charge in [-0.05, 0) is 29.7 Å². The summed E-state index contributed by atoms with van der Waals surface area (Å²) >= 11 is 0. The van der Waals surface area contributed by atoms with E-state index in [0.29, 0.717) is 5.69 Å². The number of aryl methyl sites for hydroxylation is 1. The van der Waals surface area contributed by atoms with Crippen molar-refractivity contribution in [1.82, 2.24) is 15.1 Å². The molecule has 0 radical (unpaired) electrons.